The minimum atomic E-state index is -0.459. The molecule has 1 heterocycles. The number of benzene rings is 1. The fraction of sp³-hybridized carbons (Fsp3) is 0.579. The van der Waals surface area contributed by atoms with Gasteiger partial charge in [0.25, 0.3) is 0 Å². The maximum atomic E-state index is 12.6. The van der Waals surface area contributed by atoms with E-state index in [4.69, 9.17) is 4.74 Å². The SMILES string of the molecule is CCOC(=O)N1CCC(NC(=O)C(C)(C)Cc2ccccc2)CC1. The van der Waals surface area contributed by atoms with Gasteiger partial charge in [-0.25, -0.2) is 4.79 Å². The number of hydrogen-bond donors (Lipinski definition) is 1. The Morgan fingerprint density at radius 3 is 2.42 bits per heavy atom. The van der Waals surface area contributed by atoms with E-state index in [2.05, 4.69) is 5.32 Å². The summed E-state index contributed by atoms with van der Waals surface area (Å²) < 4.78 is 5.02. The summed E-state index contributed by atoms with van der Waals surface area (Å²) >= 11 is 0. The lowest BCUT2D eigenvalue weighted by molar-refractivity contribution is -0.130. The number of nitrogens with zero attached hydrogens (tertiary/aromatic N) is 1. The lowest BCUT2D eigenvalue weighted by atomic mass is 9.84. The monoisotopic (exact) mass is 332 g/mol. The molecule has 1 aliphatic rings. The van der Waals surface area contributed by atoms with E-state index in [1.807, 2.05) is 44.2 Å². The predicted octanol–water partition coefficient (Wildman–Crippen LogP) is 2.99. The zero-order valence-corrected chi connectivity index (χ0v) is 14.9. The molecule has 1 aliphatic heterocycles. The van der Waals surface area contributed by atoms with Crippen LogP contribution in [0.1, 0.15) is 39.2 Å². The second-order valence-corrected chi connectivity index (χ2v) is 6.98. The van der Waals surface area contributed by atoms with Gasteiger partial charge in [-0.1, -0.05) is 44.2 Å². The van der Waals surface area contributed by atoms with Gasteiger partial charge < -0.3 is 15.0 Å². The third kappa shape index (κ3) is 4.98. The number of carbonyl (C=O) groups excluding carboxylic acids is 2. The summed E-state index contributed by atoms with van der Waals surface area (Å²) in [7, 11) is 0. The maximum absolute atomic E-state index is 12.6. The average molecular weight is 332 g/mol. The molecule has 1 aromatic rings. The van der Waals surface area contributed by atoms with Gasteiger partial charge in [-0.05, 0) is 31.7 Å². The fourth-order valence-electron chi connectivity index (χ4n) is 2.99. The van der Waals surface area contributed by atoms with E-state index in [0.29, 0.717) is 26.1 Å². The molecule has 0 unspecified atom stereocenters. The standard InChI is InChI=1S/C19H28N2O3/c1-4-24-18(23)21-12-10-16(11-13-21)20-17(22)19(2,3)14-15-8-6-5-7-9-15/h5-9,16H,4,10-14H2,1-3H3,(H,20,22). The lowest BCUT2D eigenvalue weighted by Gasteiger charge is -2.33. The van der Waals surface area contributed by atoms with Crippen molar-refractivity contribution in [1.29, 1.82) is 0 Å². The van der Waals surface area contributed by atoms with E-state index in [1.165, 1.54) is 0 Å². The van der Waals surface area contributed by atoms with Crippen LogP contribution in [-0.2, 0) is 16.0 Å². The van der Waals surface area contributed by atoms with Crippen LogP contribution in [0, 0.1) is 5.41 Å². The van der Waals surface area contributed by atoms with Crippen molar-refractivity contribution in [2.24, 2.45) is 5.41 Å². The van der Waals surface area contributed by atoms with Crippen LogP contribution in [0.2, 0.25) is 0 Å². The molecule has 5 nitrogen and oxygen atoms in total. The van der Waals surface area contributed by atoms with Gasteiger partial charge in [0.05, 0.1) is 6.61 Å². The molecule has 24 heavy (non-hydrogen) atoms. The van der Waals surface area contributed by atoms with E-state index < -0.39 is 5.41 Å². The van der Waals surface area contributed by atoms with Crippen LogP contribution in [0.15, 0.2) is 30.3 Å². The topological polar surface area (TPSA) is 58.6 Å². The van der Waals surface area contributed by atoms with E-state index in [0.717, 1.165) is 18.4 Å². The third-order valence-corrected chi connectivity index (χ3v) is 4.46. The predicted molar refractivity (Wildman–Crippen MR) is 93.7 cm³/mol. The summed E-state index contributed by atoms with van der Waals surface area (Å²) in [6.45, 7) is 7.40. The van der Waals surface area contributed by atoms with Gasteiger partial charge in [0.15, 0.2) is 0 Å². The summed E-state index contributed by atoms with van der Waals surface area (Å²) in [6.07, 6.45) is 1.99. The average Bonchev–Trinajstić information content (AvgIpc) is 2.56. The molecule has 0 saturated carbocycles. The van der Waals surface area contributed by atoms with Gasteiger partial charge in [0, 0.05) is 24.5 Å². The first-order chi connectivity index (χ1) is 11.4. The number of ether oxygens (including phenoxy) is 1. The van der Waals surface area contributed by atoms with Crippen molar-refractivity contribution in [3.8, 4) is 0 Å². The molecule has 0 aromatic heterocycles. The van der Waals surface area contributed by atoms with Gasteiger partial charge in [-0.3, -0.25) is 4.79 Å². The molecule has 0 bridgehead atoms. The van der Waals surface area contributed by atoms with Crippen LogP contribution in [0.3, 0.4) is 0 Å². The van der Waals surface area contributed by atoms with Crippen molar-refractivity contribution >= 4 is 12.0 Å². The minimum Gasteiger partial charge on any atom is -0.450 e. The van der Waals surface area contributed by atoms with Crippen LogP contribution in [0.5, 0.6) is 0 Å². The van der Waals surface area contributed by atoms with Gasteiger partial charge in [0.2, 0.25) is 5.91 Å². The maximum Gasteiger partial charge on any atom is 0.409 e. The first kappa shape index (κ1) is 18.3. The molecule has 0 aliphatic carbocycles. The summed E-state index contributed by atoms with van der Waals surface area (Å²) in [6, 6.07) is 10.2. The van der Waals surface area contributed by atoms with E-state index >= 15 is 0 Å². The number of nitrogens with one attached hydrogen (secondary N) is 1. The number of rotatable bonds is 5. The minimum absolute atomic E-state index is 0.0703. The zero-order chi connectivity index (χ0) is 17.6. The smallest absolute Gasteiger partial charge is 0.409 e. The molecule has 1 fully saturated rings. The van der Waals surface area contributed by atoms with Crippen LogP contribution < -0.4 is 5.32 Å². The van der Waals surface area contributed by atoms with Crippen LogP contribution in [0.25, 0.3) is 0 Å². The highest BCUT2D eigenvalue weighted by atomic mass is 16.6. The number of likely N-dealkylation sites (tertiary alicyclic amines) is 1. The molecule has 1 saturated heterocycles. The molecule has 1 aromatic carbocycles. The Balaban J connectivity index is 1.83. The summed E-state index contributed by atoms with van der Waals surface area (Å²) in [5.41, 5.74) is 0.703. The molecule has 132 valence electrons. The van der Waals surface area contributed by atoms with E-state index in [-0.39, 0.29) is 18.0 Å². The Labute approximate surface area is 144 Å². The highest BCUT2D eigenvalue weighted by molar-refractivity contribution is 5.82. The van der Waals surface area contributed by atoms with Gasteiger partial charge in [-0.15, -0.1) is 0 Å². The van der Waals surface area contributed by atoms with Crippen molar-refractivity contribution in [1.82, 2.24) is 10.2 Å². The van der Waals surface area contributed by atoms with Crippen molar-refractivity contribution in [3.63, 3.8) is 0 Å². The number of amides is 2. The van der Waals surface area contributed by atoms with Crippen LogP contribution in [-0.4, -0.2) is 42.6 Å². The van der Waals surface area contributed by atoms with Crippen molar-refractivity contribution in [3.05, 3.63) is 35.9 Å². The number of carbonyl (C=O) groups is 2. The number of hydrogen-bond acceptors (Lipinski definition) is 3. The quantitative estimate of drug-likeness (QED) is 0.902. The first-order valence-corrected chi connectivity index (χ1v) is 8.69. The van der Waals surface area contributed by atoms with Crippen LogP contribution in [0.4, 0.5) is 4.79 Å². The van der Waals surface area contributed by atoms with Crippen LogP contribution >= 0.6 is 0 Å². The molecular weight excluding hydrogens is 304 g/mol. The lowest BCUT2D eigenvalue weighted by Crippen LogP contribution is -2.50. The normalized spacial score (nSPS) is 15.9. The number of piperidine rings is 1. The molecule has 2 rings (SSSR count). The molecular formula is C19H28N2O3. The third-order valence-electron chi connectivity index (χ3n) is 4.46. The van der Waals surface area contributed by atoms with Gasteiger partial charge >= 0.3 is 6.09 Å². The molecule has 0 radical (unpaired) electrons. The molecule has 2 amide bonds. The highest BCUT2D eigenvalue weighted by Gasteiger charge is 2.31. The van der Waals surface area contributed by atoms with Gasteiger partial charge in [-0.2, -0.15) is 0 Å². The van der Waals surface area contributed by atoms with Crippen molar-refractivity contribution in [2.75, 3.05) is 19.7 Å². The molecule has 0 spiro atoms. The molecule has 0 atom stereocenters. The molecule has 1 N–H and O–H groups in total. The van der Waals surface area contributed by atoms with E-state index in [1.54, 1.807) is 11.8 Å². The Kier molecular flexibility index (Phi) is 6.23. The Bertz CT molecular complexity index is 549. The largest absolute Gasteiger partial charge is 0.450 e. The summed E-state index contributed by atoms with van der Waals surface area (Å²) in [5.74, 6) is 0.0703. The van der Waals surface area contributed by atoms with Crippen molar-refractivity contribution in [2.45, 2.75) is 46.1 Å². The Hall–Kier alpha value is -2.04. The van der Waals surface area contributed by atoms with E-state index in [9.17, 15) is 9.59 Å². The van der Waals surface area contributed by atoms with Gasteiger partial charge in [0.1, 0.15) is 0 Å². The van der Waals surface area contributed by atoms with Crippen molar-refractivity contribution < 1.29 is 14.3 Å². The highest BCUT2D eigenvalue weighted by Crippen LogP contribution is 2.23. The fourth-order valence-corrected chi connectivity index (χ4v) is 2.99. The Morgan fingerprint density at radius 1 is 1.21 bits per heavy atom. The zero-order valence-electron chi connectivity index (χ0n) is 14.9. The second-order valence-electron chi connectivity index (χ2n) is 6.98. The first-order valence-electron chi connectivity index (χ1n) is 8.69. The Morgan fingerprint density at radius 2 is 1.83 bits per heavy atom. The summed E-state index contributed by atoms with van der Waals surface area (Å²) in [4.78, 5) is 26.1. The molecule has 5 heteroatoms. The summed E-state index contributed by atoms with van der Waals surface area (Å²) in [5, 5.41) is 3.15. The second kappa shape index (κ2) is 8.18.